The first-order valence-corrected chi connectivity index (χ1v) is 6.43. The Labute approximate surface area is 112 Å². The maximum atomic E-state index is 11.8. The van der Waals surface area contributed by atoms with Crippen LogP contribution in [0.2, 0.25) is 0 Å². The van der Waals surface area contributed by atoms with E-state index in [0.29, 0.717) is 12.1 Å². The lowest BCUT2D eigenvalue weighted by Crippen LogP contribution is -2.29. The summed E-state index contributed by atoms with van der Waals surface area (Å²) in [7, 11) is 0. The van der Waals surface area contributed by atoms with Crippen LogP contribution >= 0.6 is 11.5 Å². The van der Waals surface area contributed by atoms with Crippen LogP contribution in [0.5, 0.6) is 0 Å². The summed E-state index contributed by atoms with van der Waals surface area (Å²) in [5, 5.41) is 8.78. The number of carboxylic acids is 1. The van der Waals surface area contributed by atoms with E-state index < -0.39 is 5.97 Å². The molecule has 0 aliphatic heterocycles. The third kappa shape index (κ3) is 2.65. The van der Waals surface area contributed by atoms with Crippen LogP contribution in [0.25, 0.3) is 0 Å². The molecule has 0 saturated heterocycles. The largest absolute Gasteiger partial charge is 0.478 e. The van der Waals surface area contributed by atoms with Crippen LogP contribution in [0.15, 0.2) is 33.9 Å². The molecule has 1 N–H and O–H groups in total. The van der Waals surface area contributed by atoms with Crippen LogP contribution in [0.3, 0.4) is 0 Å². The van der Waals surface area contributed by atoms with Gasteiger partial charge < -0.3 is 5.11 Å². The molecule has 100 valence electrons. The molecule has 0 spiro atoms. The standard InChI is InChI=1S/C12H12N2O4S/c1-2-14-11(17)13(12(18)19-14)7-8-3-5-9(6-4-8)10(15)16/h3-6H,2,7H2,1H3,(H,15,16). The minimum absolute atomic E-state index is 0.154. The predicted molar refractivity (Wildman–Crippen MR) is 71.0 cm³/mol. The molecule has 0 atom stereocenters. The van der Waals surface area contributed by atoms with Crippen molar-refractivity contribution >= 4 is 17.5 Å². The van der Waals surface area contributed by atoms with E-state index in [1.165, 1.54) is 16.1 Å². The minimum atomic E-state index is -1.01. The molecule has 6 nitrogen and oxygen atoms in total. The van der Waals surface area contributed by atoms with E-state index >= 15 is 0 Å². The maximum Gasteiger partial charge on any atom is 0.341 e. The number of nitrogens with zero attached hydrogens (tertiary/aromatic N) is 2. The van der Waals surface area contributed by atoms with Crippen molar-refractivity contribution in [1.29, 1.82) is 0 Å². The van der Waals surface area contributed by atoms with Gasteiger partial charge >= 0.3 is 16.5 Å². The molecule has 7 heteroatoms. The van der Waals surface area contributed by atoms with Gasteiger partial charge in [-0.25, -0.2) is 18.1 Å². The third-order valence-corrected chi connectivity index (χ3v) is 3.69. The van der Waals surface area contributed by atoms with Crippen molar-refractivity contribution in [3.8, 4) is 0 Å². The molecular formula is C12H12N2O4S. The monoisotopic (exact) mass is 280 g/mol. The number of aryl methyl sites for hydroxylation is 1. The van der Waals surface area contributed by atoms with Gasteiger partial charge in [0.25, 0.3) is 0 Å². The average molecular weight is 280 g/mol. The highest BCUT2D eigenvalue weighted by atomic mass is 32.1. The first-order chi connectivity index (χ1) is 9.02. The third-order valence-electron chi connectivity index (χ3n) is 2.68. The molecule has 0 unspecified atom stereocenters. The zero-order valence-electron chi connectivity index (χ0n) is 10.2. The average Bonchev–Trinajstić information content (AvgIpc) is 2.67. The lowest BCUT2D eigenvalue weighted by Gasteiger charge is -2.01. The number of aromatic carboxylic acids is 1. The summed E-state index contributed by atoms with van der Waals surface area (Å²) in [5.41, 5.74) is 0.553. The maximum absolute atomic E-state index is 11.8. The van der Waals surface area contributed by atoms with Crippen LogP contribution in [-0.4, -0.2) is 19.6 Å². The van der Waals surface area contributed by atoms with Crippen molar-refractivity contribution in [2.45, 2.75) is 20.0 Å². The van der Waals surface area contributed by atoms with Crippen molar-refractivity contribution in [2.24, 2.45) is 0 Å². The second-order valence-electron chi connectivity index (χ2n) is 3.92. The minimum Gasteiger partial charge on any atom is -0.478 e. The van der Waals surface area contributed by atoms with Gasteiger partial charge in [0, 0.05) is 18.1 Å². The quantitative estimate of drug-likeness (QED) is 0.899. The van der Waals surface area contributed by atoms with Crippen molar-refractivity contribution < 1.29 is 9.90 Å². The normalized spacial score (nSPS) is 10.6. The van der Waals surface area contributed by atoms with E-state index in [1.807, 2.05) is 0 Å². The SMILES string of the molecule is CCn1sc(=O)n(Cc2ccc(C(=O)O)cc2)c1=O. The van der Waals surface area contributed by atoms with Crippen LogP contribution < -0.4 is 10.6 Å². The lowest BCUT2D eigenvalue weighted by molar-refractivity contribution is 0.0697. The molecule has 19 heavy (non-hydrogen) atoms. The van der Waals surface area contributed by atoms with Crippen LogP contribution in [0, 0.1) is 0 Å². The second-order valence-corrected chi connectivity index (χ2v) is 4.90. The highest BCUT2D eigenvalue weighted by Gasteiger charge is 2.09. The van der Waals surface area contributed by atoms with E-state index in [0.717, 1.165) is 16.1 Å². The second kappa shape index (κ2) is 5.23. The molecular weight excluding hydrogens is 268 g/mol. The van der Waals surface area contributed by atoms with Crippen molar-refractivity contribution in [2.75, 3.05) is 0 Å². The molecule has 2 aromatic rings. The molecule has 0 amide bonds. The molecule has 1 heterocycles. The zero-order chi connectivity index (χ0) is 14.0. The Kier molecular flexibility index (Phi) is 3.66. The van der Waals surface area contributed by atoms with Crippen LogP contribution in [0.1, 0.15) is 22.8 Å². The number of benzene rings is 1. The van der Waals surface area contributed by atoms with Gasteiger partial charge in [0.1, 0.15) is 0 Å². The summed E-state index contributed by atoms with van der Waals surface area (Å²) in [4.78, 5) is 33.9. The summed E-state index contributed by atoms with van der Waals surface area (Å²) in [5.74, 6) is -1.01. The molecule has 0 bridgehead atoms. The topological polar surface area (TPSA) is 81.3 Å². The van der Waals surface area contributed by atoms with Gasteiger partial charge in [-0.3, -0.25) is 4.79 Å². The van der Waals surface area contributed by atoms with Gasteiger partial charge in [-0.2, -0.15) is 0 Å². The first kappa shape index (κ1) is 13.3. The number of carboxylic acid groups (broad SMARTS) is 1. The molecule has 2 rings (SSSR count). The Balaban J connectivity index is 2.31. The van der Waals surface area contributed by atoms with Crippen LogP contribution in [0.4, 0.5) is 0 Å². The van der Waals surface area contributed by atoms with E-state index in [2.05, 4.69) is 0 Å². The van der Waals surface area contributed by atoms with Gasteiger partial charge in [0.2, 0.25) is 0 Å². The van der Waals surface area contributed by atoms with Gasteiger partial charge in [0.05, 0.1) is 12.1 Å². The first-order valence-electron chi connectivity index (χ1n) is 5.66. The number of hydrogen-bond donors (Lipinski definition) is 1. The Morgan fingerprint density at radius 1 is 1.26 bits per heavy atom. The molecule has 0 radical (unpaired) electrons. The number of rotatable bonds is 4. The smallest absolute Gasteiger partial charge is 0.341 e. The lowest BCUT2D eigenvalue weighted by atomic mass is 10.1. The van der Waals surface area contributed by atoms with Gasteiger partial charge in [-0.1, -0.05) is 12.1 Å². The highest BCUT2D eigenvalue weighted by Crippen LogP contribution is 2.05. The summed E-state index contributed by atoms with van der Waals surface area (Å²) in [6, 6.07) is 6.10. The van der Waals surface area contributed by atoms with Gasteiger partial charge in [-0.05, 0) is 24.6 Å². The van der Waals surface area contributed by atoms with E-state index in [9.17, 15) is 14.4 Å². The van der Waals surface area contributed by atoms with E-state index in [1.54, 1.807) is 19.1 Å². The molecule has 0 fully saturated rings. The molecule has 1 aromatic carbocycles. The Hall–Kier alpha value is -2.15. The summed E-state index contributed by atoms with van der Waals surface area (Å²) in [6.07, 6.45) is 0. The van der Waals surface area contributed by atoms with E-state index in [-0.39, 0.29) is 22.7 Å². The molecule has 0 aliphatic rings. The highest BCUT2D eigenvalue weighted by molar-refractivity contribution is 7.03. The fraction of sp³-hybridized carbons (Fsp3) is 0.250. The van der Waals surface area contributed by atoms with Gasteiger partial charge in [-0.15, -0.1) is 0 Å². The van der Waals surface area contributed by atoms with Gasteiger partial charge in [0.15, 0.2) is 0 Å². The molecule has 0 saturated carbocycles. The van der Waals surface area contributed by atoms with Crippen molar-refractivity contribution in [3.63, 3.8) is 0 Å². The Bertz CT molecular complexity index is 709. The zero-order valence-corrected chi connectivity index (χ0v) is 11.0. The fourth-order valence-electron chi connectivity index (χ4n) is 1.66. The van der Waals surface area contributed by atoms with Crippen molar-refractivity contribution in [3.05, 3.63) is 55.5 Å². The summed E-state index contributed by atoms with van der Waals surface area (Å²) < 4.78 is 2.53. The van der Waals surface area contributed by atoms with Crippen molar-refractivity contribution in [1.82, 2.24) is 8.52 Å². The molecule has 0 aliphatic carbocycles. The fourth-order valence-corrected chi connectivity index (χ4v) is 2.40. The van der Waals surface area contributed by atoms with Crippen LogP contribution in [-0.2, 0) is 13.1 Å². The Morgan fingerprint density at radius 2 is 1.89 bits per heavy atom. The molecule has 1 aromatic heterocycles. The number of hydrogen-bond acceptors (Lipinski definition) is 4. The Morgan fingerprint density at radius 3 is 2.37 bits per heavy atom. The number of aromatic nitrogens is 2. The summed E-state index contributed by atoms with van der Waals surface area (Å²) >= 11 is 0.886. The predicted octanol–water partition coefficient (Wildman–Crippen LogP) is 0.838. The van der Waals surface area contributed by atoms with E-state index in [4.69, 9.17) is 5.11 Å². The summed E-state index contributed by atoms with van der Waals surface area (Å²) in [6.45, 7) is 2.41. The number of carbonyl (C=O) groups is 1.